The Labute approximate surface area is 125 Å². The van der Waals surface area contributed by atoms with Gasteiger partial charge in [0.05, 0.1) is 0 Å². The fourth-order valence-electron chi connectivity index (χ4n) is 0.400. The second kappa shape index (κ2) is 11.0. The molecule has 0 unspecified atom stereocenters. The van der Waals surface area contributed by atoms with Gasteiger partial charge in [-0.3, -0.25) is 0 Å². The normalized spacial score (nSPS) is 9.73. The molecule has 0 N–H and O–H groups in total. The summed E-state index contributed by atoms with van der Waals surface area (Å²) in [7, 11) is -4.20. The van der Waals surface area contributed by atoms with Gasteiger partial charge in [-0.1, -0.05) is 30.2 Å². The third-order valence-corrected chi connectivity index (χ3v) is 2.44. The van der Waals surface area contributed by atoms with Crippen molar-refractivity contribution in [2.24, 2.45) is 0 Å². The fraction of sp³-hybridized carbons (Fsp3) is 1.00. The first-order valence-electron chi connectivity index (χ1n) is 2.63. The Bertz CT molecular complexity index is 118. The number of hydrogen-bond donors (Lipinski definition) is 0. The van der Waals surface area contributed by atoms with Crippen LogP contribution in [0.2, 0.25) is 0 Å². The topological polar surface area (TPSA) is 63.2 Å². The molecule has 0 aliphatic carbocycles. The van der Waals surface area contributed by atoms with Crippen LogP contribution in [0.25, 0.3) is 0 Å². The van der Waals surface area contributed by atoms with Gasteiger partial charge in [-0.15, -0.1) is 0 Å². The van der Waals surface area contributed by atoms with E-state index in [9.17, 15) is 14.4 Å². The molecule has 0 rings (SSSR count). The van der Waals surface area contributed by atoms with Gasteiger partial charge >= 0.3 is 59.1 Å². The van der Waals surface area contributed by atoms with Gasteiger partial charge in [0.1, 0.15) is 0 Å². The smallest absolute Gasteiger partial charge is 0.811 e. The van der Waals surface area contributed by atoms with Crippen LogP contribution in [-0.2, 0) is 4.57 Å². The molecule has 0 spiro atoms. The molecule has 3 nitrogen and oxygen atoms in total. The van der Waals surface area contributed by atoms with Gasteiger partial charge in [0.25, 0.3) is 0 Å². The zero-order valence-electron chi connectivity index (χ0n) is 6.88. The molecular formula is C4H8INa2O3P. The zero-order valence-corrected chi connectivity index (χ0v) is 13.9. The van der Waals surface area contributed by atoms with Gasteiger partial charge in [-0.2, -0.15) is 0 Å². The maximum atomic E-state index is 9.98. The standard InChI is InChI=1S/C4H10IO3P.2Na/c5-3-1-2-4-9(6,7)8;;/h1-4H2,(H2,6,7,8);;/q;2*+1/p-2. The first kappa shape index (κ1) is 19.5. The molecule has 0 aromatic heterocycles. The Kier molecular flexibility index (Phi) is 19.4. The number of unbranched alkanes of at least 4 members (excludes halogenated alkanes) is 1. The van der Waals surface area contributed by atoms with E-state index in [4.69, 9.17) is 0 Å². The molecule has 0 saturated heterocycles. The van der Waals surface area contributed by atoms with Gasteiger partial charge in [-0.05, 0) is 23.4 Å². The van der Waals surface area contributed by atoms with Crippen molar-refractivity contribution in [1.82, 2.24) is 0 Å². The second-order valence-electron chi connectivity index (χ2n) is 1.73. The van der Waals surface area contributed by atoms with Crippen molar-refractivity contribution in [2.75, 3.05) is 10.6 Å². The summed E-state index contributed by atoms with van der Waals surface area (Å²) in [5.41, 5.74) is 0. The molecule has 0 fully saturated rings. The van der Waals surface area contributed by atoms with Gasteiger partial charge in [0.15, 0.2) is 0 Å². The summed E-state index contributed by atoms with van der Waals surface area (Å²) >= 11 is 2.15. The van der Waals surface area contributed by atoms with Crippen LogP contribution in [-0.4, -0.2) is 10.6 Å². The van der Waals surface area contributed by atoms with E-state index in [0.717, 1.165) is 10.8 Å². The average molecular weight is 308 g/mol. The molecule has 0 saturated carbocycles. The number of rotatable bonds is 4. The predicted octanol–water partition coefficient (Wildman–Crippen LogP) is -5.88. The number of alkyl halides is 1. The van der Waals surface area contributed by atoms with Crippen molar-refractivity contribution in [3.8, 4) is 0 Å². The van der Waals surface area contributed by atoms with Crippen molar-refractivity contribution in [2.45, 2.75) is 12.8 Å². The Hall–Kier alpha value is 2.88. The van der Waals surface area contributed by atoms with E-state index in [1.807, 2.05) is 0 Å². The molecule has 56 valence electrons. The van der Waals surface area contributed by atoms with E-state index >= 15 is 0 Å². The molecule has 0 radical (unpaired) electrons. The Morgan fingerprint density at radius 2 is 1.64 bits per heavy atom. The zero-order chi connectivity index (χ0) is 7.33. The van der Waals surface area contributed by atoms with Crippen LogP contribution < -0.4 is 68.9 Å². The molecule has 0 bridgehead atoms. The van der Waals surface area contributed by atoms with E-state index in [-0.39, 0.29) is 65.3 Å². The predicted molar refractivity (Wildman–Crippen MR) is 40.6 cm³/mol. The summed E-state index contributed by atoms with van der Waals surface area (Å²) in [6.07, 6.45) is 1.14. The molecule has 7 heteroatoms. The number of halogens is 1. The molecule has 0 aliphatic heterocycles. The third kappa shape index (κ3) is 19.3. The molecule has 0 aromatic rings. The van der Waals surface area contributed by atoms with E-state index in [0.29, 0.717) is 6.42 Å². The Balaban J connectivity index is -0.000000320. The van der Waals surface area contributed by atoms with Gasteiger partial charge < -0.3 is 14.4 Å². The quantitative estimate of drug-likeness (QED) is 0.171. The minimum absolute atomic E-state index is 0. The minimum atomic E-state index is -4.20. The second-order valence-corrected chi connectivity index (χ2v) is 4.48. The molecule has 0 aromatic carbocycles. The number of hydrogen-bond acceptors (Lipinski definition) is 3. The van der Waals surface area contributed by atoms with Crippen LogP contribution in [0.1, 0.15) is 12.8 Å². The molecule has 0 heterocycles. The Morgan fingerprint density at radius 3 is 1.91 bits per heavy atom. The SMILES string of the molecule is O=P([O-])([O-])CCCCI.[Na+].[Na+]. The molecule has 11 heavy (non-hydrogen) atoms. The van der Waals surface area contributed by atoms with E-state index in [2.05, 4.69) is 22.6 Å². The van der Waals surface area contributed by atoms with Crippen molar-refractivity contribution in [1.29, 1.82) is 0 Å². The van der Waals surface area contributed by atoms with Crippen LogP contribution in [0.15, 0.2) is 0 Å². The summed E-state index contributed by atoms with van der Waals surface area (Å²) < 4.78 is 10.9. The molecule has 0 amide bonds. The maximum Gasteiger partial charge on any atom is 1.00 e. The molecule has 0 aliphatic rings. The van der Waals surface area contributed by atoms with Crippen molar-refractivity contribution < 1.29 is 73.5 Å². The van der Waals surface area contributed by atoms with Crippen molar-refractivity contribution in [3.05, 3.63) is 0 Å². The van der Waals surface area contributed by atoms with Crippen molar-refractivity contribution in [3.63, 3.8) is 0 Å². The summed E-state index contributed by atoms with van der Waals surface area (Å²) in [5.74, 6) is 0. The molecular weight excluding hydrogens is 300 g/mol. The summed E-state index contributed by atoms with van der Waals surface area (Å²) in [6, 6.07) is 0. The first-order chi connectivity index (χ1) is 4.06. The van der Waals surface area contributed by atoms with E-state index in [1.165, 1.54) is 0 Å². The Morgan fingerprint density at radius 1 is 1.18 bits per heavy atom. The molecule has 0 atom stereocenters. The van der Waals surface area contributed by atoms with E-state index < -0.39 is 7.60 Å². The van der Waals surface area contributed by atoms with Crippen LogP contribution in [0, 0.1) is 0 Å². The third-order valence-electron chi connectivity index (χ3n) is 0.816. The largest absolute Gasteiger partial charge is 1.00 e. The first-order valence-corrected chi connectivity index (χ1v) is 5.88. The monoisotopic (exact) mass is 308 g/mol. The van der Waals surface area contributed by atoms with E-state index in [1.54, 1.807) is 0 Å². The fourth-order valence-corrected chi connectivity index (χ4v) is 1.55. The summed E-state index contributed by atoms with van der Waals surface area (Å²) in [4.78, 5) is 20.0. The van der Waals surface area contributed by atoms with Crippen LogP contribution in [0.5, 0.6) is 0 Å². The van der Waals surface area contributed by atoms with Gasteiger partial charge in [0, 0.05) is 0 Å². The van der Waals surface area contributed by atoms with Gasteiger partial charge in [-0.25, -0.2) is 0 Å². The minimum Gasteiger partial charge on any atom is -0.811 e. The van der Waals surface area contributed by atoms with Crippen LogP contribution in [0.4, 0.5) is 0 Å². The maximum absolute atomic E-state index is 9.98. The van der Waals surface area contributed by atoms with Crippen molar-refractivity contribution >= 4 is 30.2 Å². The average Bonchev–Trinajstić information content (AvgIpc) is 1.63. The summed E-state index contributed by atoms with van der Waals surface area (Å²) in [5, 5.41) is 0. The summed E-state index contributed by atoms with van der Waals surface area (Å²) in [6.45, 7) is 0. The van der Waals surface area contributed by atoms with Crippen LogP contribution >= 0.6 is 30.2 Å². The van der Waals surface area contributed by atoms with Crippen LogP contribution in [0.3, 0.4) is 0 Å². The van der Waals surface area contributed by atoms with Gasteiger partial charge in [0.2, 0.25) is 0 Å².